The number of allylic oxidation sites excluding steroid dienone is 5. The maximum Gasteiger partial charge on any atom is 0.156 e. The molecule has 5 atom stereocenters. The second-order valence-corrected chi connectivity index (χ2v) is 10.6. The zero-order chi connectivity index (χ0) is 21.8. The molecule has 2 fully saturated rings. The molecule has 0 aromatic heterocycles. The molecule has 2 nitrogen and oxygen atoms in total. The number of fused-ring (bicyclic) bond motifs is 4. The van der Waals surface area contributed by atoms with Crippen molar-refractivity contribution < 1.29 is 4.79 Å². The first-order valence-corrected chi connectivity index (χ1v) is 12.0. The molecule has 0 radical (unpaired) electrons. The highest BCUT2D eigenvalue weighted by molar-refractivity contribution is 5.93. The van der Waals surface area contributed by atoms with E-state index in [2.05, 4.69) is 68.6 Å². The van der Waals surface area contributed by atoms with E-state index >= 15 is 0 Å². The molecule has 0 amide bonds. The van der Waals surface area contributed by atoms with E-state index in [1.54, 1.807) is 11.1 Å². The smallest absolute Gasteiger partial charge is 0.156 e. The van der Waals surface area contributed by atoms with Crippen LogP contribution in [0.1, 0.15) is 63.4 Å². The zero-order valence-corrected chi connectivity index (χ0v) is 19.3. The van der Waals surface area contributed by atoms with Crippen LogP contribution in [-0.2, 0) is 4.79 Å². The van der Waals surface area contributed by atoms with Gasteiger partial charge in [0.15, 0.2) is 5.78 Å². The van der Waals surface area contributed by atoms with Crippen molar-refractivity contribution in [3.8, 4) is 0 Å². The third-order valence-electron chi connectivity index (χ3n) is 8.94. The molecule has 0 N–H and O–H groups in total. The average molecular weight is 414 g/mol. The van der Waals surface area contributed by atoms with Crippen LogP contribution in [0.5, 0.6) is 0 Å². The van der Waals surface area contributed by atoms with Crippen LogP contribution >= 0.6 is 0 Å². The van der Waals surface area contributed by atoms with Crippen LogP contribution in [0.4, 0.5) is 5.69 Å². The lowest BCUT2D eigenvalue weighted by molar-refractivity contribution is -0.114. The average Bonchev–Trinajstić information content (AvgIpc) is 3.09. The molecule has 0 bridgehead atoms. The van der Waals surface area contributed by atoms with Crippen molar-refractivity contribution in [3.05, 3.63) is 71.0 Å². The molecule has 0 aliphatic heterocycles. The van der Waals surface area contributed by atoms with E-state index in [0.29, 0.717) is 35.4 Å². The molecule has 31 heavy (non-hydrogen) atoms. The van der Waals surface area contributed by atoms with Crippen molar-refractivity contribution in [2.45, 2.75) is 57.8 Å². The van der Waals surface area contributed by atoms with Gasteiger partial charge in [0, 0.05) is 32.1 Å². The van der Waals surface area contributed by atoms with Gasteiger partial charge in [-0.3, -0.25) is 4.79 Å². The molecule has 4 aliphatic carbocycles. The summed E-state index contributed by atoms with van der Waals surface area (Å²) in [6, 6.07) is 9.24. The standard InChI is InChI=1S/C29H35NO/c1-5-6-21-10-16-27-25-14-9-20-17-23(31)13-15-24(20)28(25)26(18-29(21,27)2)19-7-11-22(12-8-19)30(3)4/h6-8,11-12,17,21,25-27H,1,9-10,13-16,18H2,2-4H3/t21-,25+,26-,27+,29-/m1/s1. The maximum atomic E-state index is 12.2. The normalized spacial score (nSPS) is 34.3. The fourth-order valence-electron chi connectivity index (χ4n) is 7.42. The number of carbonyl (C=O) groups is 1. The molecule has 162 valence electrons. The molecule has 1 aromatic rings. The van der Waals surface area contributed by atoms with Gasteiger partial charge in [-0.2, -0.15) is 0 Å². The van der Waals surface area contributed by atoms with Crippen molar-refractivity contribution in [1.82, 2.24) is 0 Å². The second-order valence-electron chi connectivity index (χ2n) is 10.6. The van der Waals surface area contributed by atoms with Crippen molar-refractivity contribution >= 4 is 11.5 Å². The van der Waals surface area contributed by atoms with Gasteiger partial charge >= 0.3 is 0 Å². The fraction of sp³-hybridized carbons (Fsp3) is 0.517. The molecular weight excluding hydrogens is 378 g/mol. The Hall–Kier alpha value is -2.31. The fourth-order valence-corrected chi connectivity index (χ4v) is 7.42. The van der Waals surface area contributed by atoms with E-state index in [9.17, 15) is 4.79 Å². The largest absolute Gasteiger partial charge is 0.378 e. The Morgan fingerprint density at radius 3 is 2.58 bits per heavy atom. The molecule has 0 saturated heterocycles. The second kappa shape index (κ2) is 7.68. The van der Waals surface area contributed by atoms with Crippen LogP contribution in [0.3, 0.4) is 0 Å². The monoisotopic (exact) mass is 413 g/mol. The molecule has 1 aromatic carbocycles. The molecule has 5 rings (SSSR count). The van der Waals surface area contributed by atoms with Crippen LogP contribution in [0.15, 0.2) is 65.4 Å². The highest BCUT2D eigenvalue weighted by atomic mass is 16.1. The van der Waals surface area contributed by atoms with Crippen molar-refractivity contribution in [2.75, 3.05) is 19.0 Å². The Morgan fingerprint density at radius 2 is 1.87 bits per heavy atom. The number of ketones is 1. The van der Waals surface area contributed by atoms with E-state index in [0.717, 1.165) is 18.8 Å². The molecule has 0 spiro atoms. The topological polar surface area (TPSA) is 20.3 Å². The summed E-state index contributed by atoms with van der Waals surface area (Å²) in [5.74, 6) is 2.74. The number of hydrogen-bond acceptors (Lipinski definition) is 2. The first-order chi connectivity index (χ1) is 14.9. The number of rotatable bonds is 3. The van der Waals surface area contributed by atoms with Crippen LogP contribution in [-0.4, -0.2) is 19.9 Å². The molecular formula is C29H35NO. The zero-order valence-electron chi connectivity index (χ0n) is 19.3. The quantitative estimate of drug-likeness (QED) is 0.520. The summed E-state index contributed by atoms with van der Waals surface area (Å²) in [7, 11) is 4.20. The molecule has 2 saturated carbocycles. The number of anilines is 1. The van der Waals surface area contributed by atoms with Gasteiger partial charge in [-0.25, -0.2) is 0 Å². The van der Waals surface area contributed by atoms with Crippen molar-refractivity contribution in [1.29, 1.82) is 0 Å². The predicted octanol–water partition coefficient (Wildman–Crippen LogP) is 6.61. The summed E-state index contributed by atoms with van der Waals surface area (Å²) >= 11 is 0. The molecule has 2 heteroatoms. The highest BCUT2D eigenvalue weighted by Gasteiger charge is 2.55. The van der Waals surface area contributed by atoms with Gasteiger partial charge in [0.25, 0.3) is 0 Å². The summed E-state index contributed by atoms with van der Waals surface area (Å²) < 4.78 is 0. The summed E-state index contributed by atoms with van der Waals surface area (Å²) in [4.78, 5) is 14.3. The van der Waals surface area contributed by atoms with E-state index < -0.39 is 0 Å². The van der Waals surface area contributed by atoms with Gasteiger partial charge in [0.2, 0.25) is 0 Å². The van der Waals surface area contributed by atoms with Gasteiger partial charge in [-0.15, -0.1) is 5.73 Å². The Morgan fingerprint density at radius 1 is 1.10 bits per heavy atom. The minimum absolute atomic E-state index is 0.302. The minimum atomic E-state index is 0.302. The maximum absolute atomic E-state index is 12.2. The Bertz CT molecular complexity index is 1000. The predicted molar refractivity (Wildman–Crippen MR) is 128 cm³/mol. The third-order valence-corrected chi connectivity index (χ3v) is 8.94. The van der Waals surface area contributed by atoms with Crippen molar-refractivity contribution in [2.24, 2.45) is 23.2 Å². The van der Waals surface area contributed by atoms with E-state index in [4.69, 9.17) is 0 Å². The third kappa shape index (κ3) is 3.28. The Labute approximate surface area is 187 Å². The summed E-state index contributed by atoms with van der Waals surface area (Å²) in [6.07, 6.45) is 11.9. The van der Waals surface area contributed by atoms with Gasteiger partial charge in [-0.05, 0) is 103 Å². The Balaban J connectivity index is 1.65. The van der Waals surface area contributed by atoms with Crippen LogP contribution in [0.25, 0.3) is 0 Å². The van der Waals surface area contributed by atoms with E-state index in [1.807, 2.05) is 6.08 Å². The van der Waals surface area contributed by atoms with E-state index in [-0.39, 0.29) is 0 Å². The lowest BCUT2D eigenvalue weighted by Gasteiger charge is -2.52. The SMILES string of the molecule is C=C=C[C@@H]1CC[C@H]2[C@@H]3CCC4=CC(=O)CCC4=C3[C@@H](c3ccc(N(C)C)cc3)C[C@]12C. The van der Waals surface area contributed by atoms with Crippen LogP contribution < -0.4 is 4.90 Å². The summed E-state index contributed by atoms with van der Waals surface area (Å²) in [5.41, 5.74) is 10.7. The Kier molecular flexibility index (Phi) is 5.10. The van der Waals surface area contributed by atoms with E-state index in [1.165, 1.54) is 42.5 Å². The lowest BCUT2D eigenvalue weighted by atomic mass is 9.52. The number of nitrogens with zero attached hydrogens (tertiary/aromatic N) is 1. The van der Waals surface area contributed by atoms with Gasteiger partial charge in [0.05, 0.1) is 0 Å². The number of hydrogen-bond donors (Lipinski definition) is 0. The van der Waals surface area contributed by atoms with Gasteiger partial charge < -0.3 is 4.90 Å². The van der Waals surface area contributed by atoms with Gasteiger partial charge in [0.1, 0.15) is 0 Å². The first-order valence-electron chi connectivity index (χ1n) is 12.0. The minimum Gasteiger partial charge on any atom is -0.378 e. The first kappa shape index (κ1) is 20.6. The van der Waals surface area contributed by atoms with Gasteiger partial charge in [-0.1, -0.05) is 31.2 Å². The van der Waals surface area contributed by atoms with Crippen LogP contribution in [0, 0.1) is 23.2 Å². The van der Waals surface area contributed by atoms with Crippen LogP contribution in [0.2, 0.25) is 0 Å². The lowest BCUT2D eigenvalue weighted by Crippen LogP contribution is -2.43. The molecule has 0 heterocycles. The number of carbonyl (C=O) groups excluding carboxylic acids is 1. The summed E-state index contributed by atoms with van der Waals surface area (Å²) in [6.45, 7) is 6.45. The molecule has 4 aliphatic rings. The summed E-state index contributed by atoms with van der Waals surface area (Å²) in [5, 5.41) is 0. The highest BCUT2D eigenvalue weighted by Crippen LogP contribution is 2.65. The number of benzene rings is 1. The van der Waals surface area contributed by atoms with Crippen molar-refractivity contribution in [3.63, 3.8) is 0 Å². The molecule has 0 unspecified atom stereocenters.